The van der Waals surface area contributed by atoms with Gasteiger partial charge in [0.1, 0.15) is 0 Å². The van der Waals surface area contributed by atoms with E-state index >= 15 is 0 Å². The topological polar surface area (TPSA) is 98.5 Å². The van der Waals surface area contributed by atoms with Crippen molar-refractivity contribution < 1.29 is 19.2 Å². The van der Waals surface area contributed by atoms with Gasteiger partial charge in [-0.2, -0.15) is 0 Å². The second-order valence-electron chi connectivity index (χ2n) is 6.29. The Kier molecular flexibility index (Phi) is 8.02. The number of hydrogen-bond donors (Lipinski definition) is 1. The third-order valence-corrected chi connectivity index (χ3v) is 5.60. The summed E-state index contributed by atoms with van der Waals surface area (Å²) >= 11 is 6.37. The van der Waals surface area contributed by atoms with E-state index in [1.165, 1.54) is 31.4 Å². The molecular formula is C17H20Br2N2O5. The molecule has 1 aliphatic rings. The number of hydrogen-bond acceptors (Lipinski definition) is 5. The van der Waals surface area contributed by atoms with Gasteiger partial charge in [-0.25, -0.2) is 0 Å². The van der Waals surface area contributed by atoms with Crippen LogP contribution in [0.1, 0.15) is 44.9 Å². The van der Waals surface area contributed by atoms with Crippen molar-refractivity contribution in [1.29, 1.82) is 0 Å². The molecule has 0 spiro atoms. The lowest BCUT2D eigenvalue weighted by Gasteiger charge is -2.20. The van der Waals surface area contributed by atoms with Crippen molar-refractivity contribution in [3.05, 3.63) is 31.2 Å². The number of non-ortho nitro benzene ring substituents is 1. The second-order valence-corrected chi connectivity index (χ2v) is 8.00. The van der Waals surface area contributed by atoms with E-state index in [9.17, 15) is 19.7 Å². The van der Waals surface area contributed by atoms with Crippen molar-refractivity contribution in [2.24, 2.45) is 5.92 Å². The molecular weight excluding hydrogens is 472 g/mol. The minimum atomic E-state index is -0.533. The largest absolute Gasteiger partial charge is 0.456 e. The normalized spacial score (nSPS) is 14.7. The van der Waals surface area contributed by atoms with Crippen LogP contribution < -0.4 is 5.32 Å². The fourth-order valence-electron chi connectivity index (χ4n) is 2.98. The van der Waals surface area contributed by atoms with E-state index in [0.717, 1.165) is 19.3 Å². The number of nitro groups is 1. The Hall–Kier alpha value is -1.48. The first-order valence-corrected chi connectivity index (χ1v) is 10.0. The van der Waals surface area contributed by atoms with Crippen LogP contribution in [0.3, 0.4) is 0 Å². The zero-order chi connectivity index (χ0) is 19.1. The number of anilines is 1. The summed E-state index contributed by atoms with van der Waals surface area (Å²) in [5.74, 6) is -0.309. The number of benzene rings is 1. The standard InChI is InChI=1S/C17H20Br2N2O5/c18-13-8-12(21(24)25)9-14(19)17(13)20-15(22)10-26-16(23)7-6-11-4-2-1-3-5-11/h8-9,11H,1-7,10H2,(H,20,22). The molecule has 1 aromatic carbocycles. The molecule has 9 heteroatoms. The van der Waals surface area contributed by atoms with Crippen LogP contribution in [0.15, 0.2) is 21.1 Å². The Balaban J connectivity index is 1.79. The van der Waals surface area contributed by atoms with Crippen LogP contribution in [0.5, 0.6) is 0 Å². The number of amides is 1. The number of nitrogens with one attached hydrogen (secondary N) is 1. The highest BCUT2D eigenvalue weighted by atomic mass is 79.9. The van der Waals surface area contributed by atoms with Crippen molar-refractivity contribution in [3.63, 3.8) is 0 Å². The average molecular weight is 492 g/mol. The molecule has 0 atom stereocenters. The molecule has 26 heavy (non-hydrogen) atoms. The van der Waals surface area contributed by atoms with E-state index in [1.54, 1.807) is 0 Å². The second kappa shape index (κ2) is 10.0. The number of carbonyl (C=O) groups excluding carboxylic acids is 2. The summed E-state index contributed by atoms with van der Waals surface area (Å²) in [6.07, 6.45) is 7.17. The zero-order valence-electron chi connectivity index (χ0n) is 14.1. The molecule has 0 aromatic heterocycles. The maximum atomic E-state index is 12.0. The number of carbonyl (C=O) groups is 2. The van der Waals surface area contributed by atoms with Gasteiger partial charge in [-0.15, -0.1) is 0 Å². The predicted molar refractivity (Wildman–Crippen MR) is 104 cm³/mol. The monoisotopic (exact) mass is 490 g/mol. The van der Waals surface area contributed by atoms with Crippen molar-refractivity contribution in [2.45, 2.75) is 44.9 Å². The van der Waals surface area contributed by atoms with Gasteiger partial charge in [0.25, 0.3) is 11.6 Å². The summed E-state index contributed by atoms with van der Waals surface area (Å²) in [7, 11) is 0. The highest BCUT2D eigenvalue weighted by molar-refractivity contribution is 9.11. The molecule has 0 heterocycles. The minimum absolute atomic E-state index is 0.115. The van der Waals surface area contributed by atoms with Gasteiger partial charge in [-0.1, -0.05) is 32.1 Å². The average Bonchev–Trinajstić information content (AvgIpc) is 2.61. The van der Waals surface area contributed by atoms with Crippen LogP contribution in [0.4, 0.5) is 11.4 Å². The lowest BCUT2D eigenvalue weighted by Crippen LogP contribution is -2.21. The van der Waals surface area contributed by atoms with Crippen LogP contribution in [0, 0.1) is 16.0 Å². The molecule has 1 amide bonds. The lowest BCUT2D eigenvalue weighted by atomic mass is 9.86. The molecule has 0 radical (unpaired) electrons. The van der Waals surface area contributed by atoms with E-state index in [2.05, 4.69) is 37.2 Å². The summed E-state index contributed by atoms with van der Waals surface area (Å²) in [6.45, 7) is -0.390. The molecule has 1 fully saturated rings. The van der Waals surface area contributed by atoms with Gasteiger partial charge >= 0.3 is 5.97 Å². The highest BCUT2D eigenvalue weighted by Crippen LogP contribution is 2.35. The molecule has 0 aliphatic heterocycles. The predicted octanol–water partition coefficient (Wildman–Crippen LogP) is 4.96. The van der Waals surface area contributed by atoms with E-state index < -0.39 is 10.8 Å². The van der Waals surface area contributed by atoms with Crippen molar-refractivity contribution >= 4 is 55.1 Å². The first-order chi connectivity index (χ1) is 12.4. The van der Waals surface area contributed by atoms with Crippen LogP contribution in [0.2, 0.25) is 0 Å². The van der Waals surface area contributed by atoms with Crippen LogP contribution in [-0.2, 0) is 14.3 Å². The molecule has 0 saturated heterocycles. The van der Waals surface area contributed by atoms with Gasteiger partial charge in [0.15, 0.2) is 6.61 Å². The van der Waals surface area contributed by atoms with E-state index in [0.29, 0.717) is 27.0 Å². The van der Waals surface area contributed by atoms with Gasteiger partial charge in [0, 0.05) is 27.5 Å². The van der Waals surface area contributed by atoms with Crippen LogP contribution in [0.25, 0.3) is 0 Å². The maximum absolute atomic E-state index is 12.0. The molecule has 0 bridgehead atoms. The number of nitro benzene ring substituents is 1. The summed E-state index contributed by atoms with van der Waals surface area (Å²) in [5, 5.41) is 13.4. The van der Waals surface area contributed by atoms with E-state index in [-0.39, 0.29) is 18.3 Å². The molecule has 1 saturated carbocycles. The molecule has 1 aliphatic carbocycles. The molecule has 2 rings (SSSR count). The van der Waals surface area contributed by atoms with E-state index in [4.69, 9.17) is 4.74 Å². The first kappa shape index (κ1) is 20.8. The molecule has 0 unspecified atom stereocenters. The third-order valence-electron chi connectivity index (χ3n) is 4.35. The van der Waals surface area contributed by atoms with Crippen molar-refractivity contribution in [3.8, 4) is 0 Å². The fourth-order valence-corrected chi connectivity index (χ4v) is 4.34. The first-order valence-electron chi connectivity index (χ1n) is 8.45. The molecule has 1 N–H and O–H groups in total. The Morgan fingerprint density at radius 2 is 1.81 bits per heavy atom. The lowest BCUT2D eigenvalue weighted by molar-refractivity contribution is -0.385. The third kappa shape index (κ3) is 6.35. The number of ether oxygens (including phenoxy) is 1. The van der Waals surface area contributed by atoms with Crippen molar-refractivity contribution in [2.75, 3.05) is 11.9 Å². The van der Waals surface area contributed by atoms with Crippen molar-refractivity contribution in [1.82, 2.24) is 0 Å². The number of nitrogens with zero attached hydrogens (tertiary/aromatic N) is 1. The molecule has 142 valence electrons. The summed E-state index contributed by atoms with van der Waals surface area (Å²) in [5.41, 5.74) is 0.231. The summed E-state index contributed by atoms with van der Waals surface area (Å²) < 4.78 is 5.73. The van der Waals surface area contributed by atoms with Gasteiger partial charge in [0.2, 0.25) is 0 Å². The quantitative estimate of drug-likeness (QED) is 0.330. The Labute approximate surface area is 168 Å². The number of rotatable bonds is 7. The highest BCUT2D eigenvalue weighted by Gasteiger charge is 2.18. The van der Waals surface area contributed by atoms with Gasteiger partial charge in [-0.05, 0) is 44.2 Å². The molecule has 1 aromatic rings. The number of halogens is 2. The Morgan fingerprint density at radius 1 is 1.19 bits per heavy atom. The smallest absolute Gasteiger partial charge is 0.306 e. The summed E-state index contributed by atoms with van der Waals surface area (Å²) in [6, 6.07) is 2.58. The fraction of sp³-hybridized carbons (Fsp3) is 0.529. The Bertz CT molecular complexity index is 667. The van der Waals surface area contributed by atoms with Crippen LogP contribution in [-0.4, -0.2) is 23.4 Å². The molecule has 7 nitrogen and oxygen atoms in total. The minimum Gasteiger partial charge on any atom is -0.456 e. The maximum Gasteiger partial charge on any atom is 0.306 e. The van der Waals surface area contributed by atoms with Gasteiger partial charge in [0.05, 0.1) is 10.6 Å². The number of esters is 1. The van der Waals surface area contributed by atoms with E-state index in [1.807, 2.05) is 0 Å². The Morgan fingerprint density at radius 3 is 2.38 bits per heavy atom. The summed E-state index contributed by atoms with van der Waals surface area (Å²) in [4.78, 5) is 34.1. The SMILES string of the molecule is O=C(COC(=O)CCC1CCCCC1)Nc1c(Br)cc([N+](=O)[O-])cc1Br. The zero-order valence-corrected chi connectivity index (χ0v) is 17.3. The van der Waals surface area contributed by atoms with Gasteiger partial charge in [-0.3, -0.25) is 19.7 Å². The van der Waals surface area contributed by atoms with Crippen LogP contribution >= 0.6 is 31.9 Å². The van der Waals surface area contributed by atoms with Gasteiger partial charge < -0.3 is 10.1 Å².